The van der Waals surface area contributed by atoms with Crippen molar-refractivity contribution in [1.82, 2.24) is 10.2 Å². The van der Waals surface area contributed by atoms with Crippen molar-refractivity contribution >= 4 is 18.3 Å². The van der Waals surface area contributed by atoms with Gasteiger partial charge in [-0.05, 0) is 29.7 Å². The Morgan fingerprint density at radius 2 is 2.23 bits per heavy atom. The number of amides is 1. The summed E-state index contributed by atoms with van der Waals surface area (Å²) < 4.78 is 13.4. The van der Waals surface area contributed by atoms with Crippen LogP contribution < -0.4 is 5.32 Å². The summed E-state index contributed by atoms with van der Waals surface area (Å²) in [6.07, 6.45) is -0.536. The van der Waals surface area contributed by atoms with Crippen LogP contribution in [0.15, 0.2) is 18.2 Å². The number of phenols is 1. The Morgan fingerprint density at radius 3 is 2.95 bits per heavy atom. The molecule has 0 spiro atoms. The van der Waals surface area contributed by atoms with Gasteiger partial charge in [0.05, 0.1) is 18.7 Å². The summed E-state index contributed by atoms with van der Waals surface area (Å²) in [6.45, 7) is 0.474. The van der Waals surface area contributed by atoms with E-state index in [2.05, 4.69) is 5.32 Å². The van der Waals surface area contributed by atoms with Crippen molar-refractivity contribution in [3.63, 3.8) is 0 Å². The van der Waals surface area contributed by atoms with Gasteiger partial charge >= 0.3 is 0 Å². The monoisotopic (exact) mass is 325 g/mol. The van der Waals surface area contributed by atoms with E-state index >= 15 is 0 Å². The highest BCUT2D eigenvalue weighted by Gasteiger charge is 2.39. The van der Waals surface area contributed by atoms with Gasteiger partial charge in [-0.15, -0.1) is 12.4 Å². The number of nitrogens with one attached hydrogen (secondary N) is 1. The number of phenolic OH excluding ortho intramolecular Hbond substituents is 1. The highest BCUT2D eigenvalue weighted by Crippen LogP contribution is 2.25. The third-order valence-electron chi connectivity index (χ3n) is 4.13. The number of fused-ring (bicyclic) bond motifs is 1. The smallest absolute Gasteiger partial charge is 0.241 e. The van der Waals surface area contributed by atoms with Gasteiger partial charge in [0.15, 0.2) is 0 Å². The summed E-state index contributed by atoms with van der Waals surface area (Å²) in [5.74, 6) is -0.0230. The first kappa shape index (κ1) is 16.5. The van der Waals surface area contributed by atoms with Gasteiger partial charge in [0.2, 0.25) is 5.91 Å². The number of aromatic hydroxyl groups is 1. The maximum absolute atomic E-state index is 13.4. The molecule has 2 N–H and O–H groups in total. The lowest BCUT2D eigenvalue weighted by molar-refractivity contribution is -0.133. The molecule has 2 aliphatic heterocycles. The zero-order valence-corrected chi connectivity index (χ0v) is 12.6. The Labute approximate surface area is 134 Å². The van der Waals surface area contributed by atoms with Crippen LogP contribution in [0.1, 0.15) is 17.5 Å². The topological polar surface area (TPSA) is 76.4 Å². The molecule has 7 heteroatoms. The molecule has 1 amide bonds. The molecule has 2 heterocycles. The van der Waals surface area contributed by atoms with Crippen molar-refractivity contribution in [3.8, 4) is 11.8 Å². The van der Waals surface area contributed by atoms with Gasteiger partial charge in [-0.25, -0.2) is 4.39 Å². The lowest BCUT2D eigenvalue weighted by Gasteiger charge is -2.30. The number of carbonyl (C=O) groups excluding carboxylic acids is 1. The Morgan fingerprint density at radius 1 is 1.45 bits per heavy atom. The second kappa shape index (κ2) is 6.51. The summed E-state index contributed by atoms with van der Waals surface area (Å²) in [6, 6.07) is 5.95. The van der Waals surface area contributed by atoms with E-state index in [1.165, 1.54) is 4.90 Å². The van der Waals surface area contributed by atoms with Crippen LogP contribution in [0.3, 0.4) is 0 Å². The number of nitriles is 1. The van der Waals surface area contributed by atoms with Crippen LogP contribution in [-0.4, -0.2) is 40.7 Å². The summed E-state index contributed by atoms with van der Waals surface area (Å²) in [7, 11) is 0. The number of benzene rings is 1. The molecule has 0 saturated carbocycles. The van der Waals surface area contributed by atoms with Crippen molar-refractivity contribution < 1.29 is 14.3 Å². The highest BCUT2D eigenvalue weighted by molar-refractivity contribution is 5.85. The molecule has 0 unspecified atom stereocenters. The molecule has 1 fully saturated rings. The van der Waals surface area contributed by atoms with Crippen LogP contribution in [0.5, 0.6) is 5.75 Å². The quantitative estimate of drug-likeness (QED) is 0.816. The van der Waals surface area contributed by atoms with E-state index in [-0.39, 0.29) is 37.0 Å². The molecule has 22 heavy (non-hydrogen) atoms. The van der Waals surface area contributed by atoms with Gasteiger partial charge in [-0.1, -0.05) is 6.07 Å². The fraction of sp³-hybridized carbons (Fsp3) is 0.467. The summed E-state index contributed by atoms with van der Waals surface area (Å²) >= 11 is 0. The van der Waals surface area contributed by atoms with E-state index in [1.807, 2.05) is 6.07 Å². The fourth-order valence-corrected chi connectivity index (χ4v) is 3.03. The lowest BCUT2D eigenvalue weighted by Crippen LogP contribution is -2.50. The van der Waals surface area contributed by atoms with Crippen LogP contribution in [0.4, 0.5) is 4.39 Å². The van der Waals surface area contributed by atoms with Crippen molar-refractivity contribution in [3.05, 3.63) is 29.3 Å². The second-order valence-corrected chi connectivity index (χ2v) is 5.56. The third-order valence-corrected chi connectivity index (χ3v) is 4.13. The summed E-state index contributed by atoms with van der Waals surface area (Å²) in [5.41, 5.74) is 1.95. The minimum absolute atomic E-state index is 0. The molecule has 1 aromatic carbocycles. The van der Waals surface area contributed by atoms with Crippen molar-refractivity contribution in [2.45, 2.75) is 37.6 Å². The predicted molar refractivity (Wildman–Crippen MR) is 80.3 cm³/mol. The lowest BCUT2D eigenvalue weighted by atomic mass is 9.95. The molecule has 1 aromatic rings. The first-order chi connectivity index (χ1) is 10.1. The molecule has 3 atom stereocenters. The largest absolute Gasteiger partial charge is 0.508 e. The maximum atomic E-state index is 13.4. The van der Waals surface area contributed by atoms with Crippen LogP contribution in [0.25, 0.3) is 0 Å². The van der Waals surface area contributed by atoms with Gasteiger partial charge in [0.1, 0.15) is 18.0 Å². The Hall–Kier alpha value is -1.84. The number of likely N-dealkylation sites (tertiary alicyclic amines) is 1. The van der Waals surface area contributed by atoms with E-state index < -0.39 is 18.3 Å². The number of hydrogen-bond acceptors (Lipinski definition) is 4. The third kappa shape index (κ3) is 3.01. The molecule has 0 radical (unpaired) electrons. The van der Waals surface area contributed by atoms with E-state index in [4.69, 9.17) is 5.26 Å². The highest BCUT2D eigenvalue weighted by atomic mass is 35.5. The molecule has 118 valence electrons. The van der Waals surface area contributed by atoms with E-state index in [0.29, 0.717) is 13.0 Å². The predicted octanol–water partition coefficient (Wildman–Crippen LogP) is 1.29. The molecular formula is C15H17ClFN3O2. The van der Waals surface area contributed by atoms with Gasteiger partial charge in [0, 0.05) is 13.0 Å². The van der Waals surface area contributed by atoms with E-state index in [9.17, 15) is 14.3 Å². The first-order valence-electron chi connectivity index (χ1n) is 6.97. The van der Waals surface area contributed by atoms with Crippen LogP contribution in [0, 0.1) is 11.3 Å². The number of rotatable bonds is 1. The fourth-order valence-electron chi connectivity index (χ4n) is 3.03. The average Bonchev–Trinajstić information content (AvgIpc) is 2.87. The number of hydrogen-bond donors (Lipinski definition) is 2. The SMILES string of the molecule is Cl.N#C[C@@H]1C[C@H](F)CN1C(=O)[C@@H]1Cc2ccc(O)cc2CN1. The average molecular weight is 326 g/mol. The summed E-state index contributed by atoms with van der Waals surface area (Å²) in [4.78, 5) is 13.8. The van der Waals surface area contributed by atoms with Crippen LogP contribution in [-0.2, 0) is 17.8 Å². The van der Waals surface area contributed by atoms with Crippen LogP contribution in [0.2, 0.25) is 0 Å². The molecule has 0 aliphatic carbocycles. The van der Waals surface area contributed by atoms with Crippen molar-refractivity contribution in [2.24, 2.45) is 0 Å². The Bertz CT molecular complexity index is 619. The zero-order valence-electron chi connectivity index (χ0n) is 11.8. The van der Waals surface area contributed by atoms with E-state index in [0.717, 1.165) is 11.1 Å². The number of alkyl halides is 1. The molecule has 5 nitrogen and oxygen atoms in total. The molecule has 3 rings (SSSR count). The second-order valence-electron chi connectivity index (χ2n) is 5.56. The Balaban J connectivity index is 0.00000176. The zero-order chi connectivity index (χ0) is 15.0. The maximum Gasteiger partial charge on any atom is 0.241 e. The molecule has 0 bridgehead atoms. The minimum atomic E-state index is -1.12. The first-order valence-corrected chi connectivity index (χ1v) is 6.97. The molecular weight excluding hydrogens is 309 g/mol. The normalized spacial score (nSPS) is 26.7. The van der Waals surface area contributed by atoms with Crippen molar-refractivity contribution in [2.75, 3.05) is 6.54 Å². The standard InChI is InChI=1S/C15H16FN3O2.ClH/c16-11-5-12(6-17)19(8-11)15(21)14-4-9-1-2-13(20)3-10(9)7-18-14;/h1-3,11-12,14,18,20H,4-5,7-8H2;1H/t11-,12-,14-;/m0./s1. The van der Waals surface area contributed by atoms with Gasteiger partial charge in [-0.3, -0.25) is 4.79 Å². The van der Waals surface area contributed by atoms with Gasteiger partial charge in [-0.2, -0.15) is 5.26 Å². The van der Waals surface area contributed by atoms with Crippen LogP contribution >= 0.6 is 12.4 Å². The molecule has 2 aliphatic rings. The Kier molecular flexibility index (Phi) is 4.89. The van der Waals surface area contributed by atoms with E-state index in [1.54, 1.807) is 18.2 Å². The van der Waals surface area contributed by atoms with Gasteiger partial charge in [0.25, 0.3) is 0 Å². The molecule has 0 aromatic heterocycles. The summed E-state index contributed by atoms with van der Waals surface area (Å²) in [5, 5.41) is 21.6. The minimum Gasteiger partial charge on any atom is -0.508 e. The molecule has 1 saturated heterocycles. The number of halogens is 2. The van der Waals surface area contributed by atoms with Gasteiger partial charge < -0.3 is 15.3 Å². The number of nitrogens with zero attached hydrogens (tertiary/aromatic N) is 2. The number of carbonyl (C=O) groups is 1. The van der Waals surface area contributed by atoms with Crippen molar-refractivity contribution in [1.29, 1.82) is 5.26 Å².